The molecule has 5 aliphatic carbocycles. The quantitative estimate of drug-likeness (QED) is 0.620. The third-order valence-corrected chi connectivity index (χ3v) is 9.67. The van der Waals surface area contributed by atoms with Gasteiger partial charge in [-0.25, -0.2) is 17.9 Å². The molecule has 0 aromatic carbocycles. The minimum atomic E-state index is -3.76. The van der Waals surface area contributed by atoms with Gasteiger partial charge in [0.05, 0.1) is 0 Å². The van der Waals surface area contributed by atoms with Gasteiger partial charge in [0.15, 0.2) is 6.10 Å². The average molecular weight is 453 g/mol. The predicted molar refractivity (Wildman–Crippen MR) is 112 cm³/mol. The Kier molecular flexibility index (Phi) is 4.98. The molecule has 5 aliphatic rings. The summed E-state index contributed by atoms with van der Waals surface area (Å²) >= 11 is 1.02. The minimum absolute atomic E-state index is 0.0117. The van der Waals surface area contributed by atoms with Gasteiger partial charge in [-0.05, 0) is 87.5 Å². The number of hydrogen-bond donors (Lipinski definition) is 2. The normalized spacial score (nSPS) is 33.3. The number of nitrogens with one attached hydrogen (secondary N) is 2. The number of carbonyl (C=O) groups is 2. The van der Waals surface area contributed by atoms with Gasteiger partial charge in [-0.1, -0.05) is 0 Å². The molecule has 164 valence electrons. The van der Waals surface area contributed by atoms with E-state index in [0.717, 1.165) is 43.4 Å². The molecule has 6 rings (SSSR count). The Hall–Kier alpha value is -1.45. The van der Waals surface area contributed by atoms with Gasteiger partial charge in [0.2, 0.25) is 10.0 Å². The maximum absolute atomic E-state index is 12.9. The number of thiophene rings is 1. The third kappa shape index (κ3) is 3.91. The van der Waals surface area contributed by atoms with Crippen molar-refractivity contribution in [2.75, 3.05) is 0 Å². The van der Waals surface area contributed by atoms with Crippen molar-refractivity contribution in [3.8, 4) is 0 Å². The lowest BCUT2D eigenvalue weighted by molar-refractivity contribution is -0.134. The lowest BCUT2D eigenvalue weighted by Gasteiger charge is -2.57. The van der Waals surface area contributed by atoms with Crippen LogP contribution >= 0.6 is 11.3 Å². The van der Waals surface area contributed by atoms with Crippen LogP contribution in [0.5, 0.6) is 0 Å². The first kappa shape index (κ1) is 20.5. The van der Waals surface area contributed by atoms with E-state index in [9.17, 15) is 18.0 Å². The van der Waals surface area contributed by atoms with E-state index in [1.54, 1.807) is 12.3 Å². The summed E-state index contributed by atoms with van der Waals surface area (Å²) in [5, 5.41) is 4.76. The zero-order valence-electron chi connectivity index (χ0n) is 17.1. The summed E-state index contributed by atoms with van der Waals surface area (Å²) in [6, 6.07) is 1.36. The molecule has 0 unspecified atom stereocenters. The number of sulfonamides is 1. The van der Waals surface area contributed by atoms with Gasteiger partial charge in [0.1, 0.15) is 9.77 Å². The monoisotopic (exact) mass is 452 g/mol. The van der Waals surface area contributed by atoms with Gasteiger partial charge in [-0.3, -0.25) is 4.79 Å². The second kappa shape index (κ2) is 7.31. The number of amides is 1. The average Bonchev–Trinajstić information content (AvgIpc) is 3.29. The zero-order valence-corrected chi connectivity index (χ0v) is 18.7. The summed E-state index contributed by atoms with van der Waals surface area (Å²) < 4.78 is 33.0. The van der Waals surface area contributed by atoms with Crippen molar-refractivity contribution in [2.24, 2.45) is 17.8 Å². The van der Waals surface area contributed by atoms with Crippen molar-refractivity contribution in [3.63, 3.8) is 0 Å². The Morgan fingerprint density at radius 2 is 1.73 bits per heavy atom. The van der Waals surface area contributed by atoms with E-state index < -0.39 is 22.1 Å². The van der Waals surface area contributed by atoms with Crippen molar-refractivity contribution in [2.45, 2.75) is 80.9 Å². The molecule has 9 heteroatoms. The molecule has 0 spiro atoms. The van der Waals surface area contributed by atoms with Crippen LogP contribution in [0, 0.1) is 17.8 Å². The standard InChI is InChI=1S/C21H28N2O5S2/c1-12(19(24)22-21-9-13-6-14(10-21)8-15(7-13)11-21)28-20(25)18-17(4-5-29-18)30(26,27)23-16-2-3-16/h4-5,12-16,23H,2-3,6-11H2,1H3,(H,22,24)/t12-,13?,14?,15?,21?/m1/s1. The van der Waals surface area contributed by atoms with Crippen molar-refractivity contribution >= 4 is 33.2 Å². The van der Waals surface area contributed by atoms with Crippen molar-refractivity contribution in [3.05, 3.63) is 16.3 Å². The Morgan fingerprint density at radius 1 is 1.13 bits per heavy atom. The summed E-state index contributed by atoms with van der Waals surface area (Å²) in [6.07, 6.45) is 7.55. The summed E-state index contributed by atoms with van der Waals surface area (Å²) in [5.41, 5.74) is -0.155. The van der Waals surface area contributed by atoms with Gasteiger partial charge < -0.3 is 10.1 Å². The number of esters is 1. The van der Waals surface area contributed by atoms with Crippen LogP contribution in [0.4, 0.5) is 0 Å². The van der Waals surface area contributed by atoms with Crippen molar-refractivity contribution in [1.82, 2.24) is 10.0 Å². The first-order valence-corrected chi connectivity index (χ1v) is 13.2. The first-order valence-electron chi connectivity index (χ1n) is 10.9. The zero-order chi connectivity index (χ0) is 21.1. The molecule has 2 N–H and O–H groups in total. The molecule has 0 saturated heterocycles. The Balaban J connectivity index is 1.24. The lowest BCUT2D eigenvalue weighted by atomic mass is 9.53. The second-order valence-electron chi connectivity index (χ2n) is 9.74. The summed E-state index contributed by atoms with van der Waals surface area (Å²) in [6.45, 7) is 1.55. The van der Waals surface area contributed by atoms with Crippen LogP contribution in [0.1, 0.15) is 68.0 Å². The van der Waals surface area contributed by atoms with Crippen LogP contribution in [0.3, 0.4) is 0 Å². The highest BCUT2D eigenvalue weighted by atomic mass is 32.2. The molecule has 5 saturated carbocycles. The van der Waals surface area contributed by atoms with E-state index in [2.05, 4.69) is 10.0 Å². The van der Waals surface area contributed by atoms with Gasteiger partial charge in [0, 0.05) is 11.6 Å². The maximum Gasteiger partial charge on any atom is 0.350 e. The largest absolute Gasteiger partial charge is 0.448 e. The highest BCUT2D eigenvalue weighted by molar-refractivity contribution is 7.89. The van der Waals surface area contributed by atoms with Crippen LogP contribution in [0.2, 0.25) is 0 Å². The first-order chi connectivity index (χ1) is 14.2. The molecule has 1 atom stereocenters. The second-order valence-corrected chi connectivity index (χ2v) is 12.3. The van der Waals surface area contributed by atoms with Crippen LogP contribution in [-0.4, -0.2) is 38.0 Å². The number of hydrogen-bond acceptors (Lipinski definition) is 6. The van der Waals surface area contributed by atoms with Crippen LogP contribution in [0.25, 0.3) is 0 Å². The fraction of sp³-hybridized carbons (Fsp3) is 0.714. The SMILES string of the molecule is C[C@@H](OC(=O)c1sccc1S(=O)(=O)NC1CC1)C(=O)NC12CC3CC(CC(C3)C1)C2. The van der Waals surface area contributed by atoms with Gasteiger partial charge in [0.25, 0.3) is 5.91 Å². The summed E-state index contributed by atoms with van der Waals surface area (Å²) in [7, 11) is -3.76. The van der Waals surface area contributed by atoms with Crippen LogP contribution in [-0.2, 0) is 19.6 Å². The van der Waals surface area contributed by atoms with Crippen LogP contribution < -0.4 is 10.0 Å². The molecule has 0 aliphatic heterocycles. The molecule has 7 nitrogen and oxygen atoms in total. The Labute approximate surface area is 181 Å². The molecule has 1 aromatic heterocycles. The van der Waals surface area contributed by atoms with Gasteiger partial charge >= 0.3 is 5.97 Å². The minimum Gasteiger partial charge on any atom is -0.448 e. The molecule has 1 amide bonds. The molecular formula is C21H28N2O5S2. The fourth-order valence-electron chi connectivity index (χ4n) is 6.04. The van der Waals surface area contributed by atoms with Crippen molar-refractivity contribution < 1.29 is 22.7 Å². The molecule has 0 radical (unpaired) electrons. The van der Waals surface area contributed by atoms with Crippen LogP contribution in [0.15, 0.2) is 16.3 Å². The molecule has 1 heterocycles. The molecule has 5 fully saturated rings. The highest BCUT2D eigenvalue weighted by Crippen LogP contribution is 2.55. The highest BCUT2D eigenvalue weighted by Gasteiger charge is 2.51. The van der Waals surface area contributed by atoms with E-state index in [-0.39, 0.29) is 27.3 Å². The summed E-state index contributed by atoms with van der Waals surface area (Å²) in [5.74, 6) is 1.04. The Bertz CT molecular complexity index is 931. The topological polar surface area (TPSA) is 102 Å². The molecular weight excluding hydrogens is 424 g/mol. The number of carbonyl (C=O) groups excluding carboxylic acids is 2. The molecule has 30 heavy (non-hydrogen) atoms. The number of ether oxygens (including phenoxy) is 1. The summed E-state index contributed by atoms with van der Waals surface area (Å²) in [4.78, 5) is 25.5. The van der Waals surface area contributed by atoms with Gasteiger partial charge in [-0.2, -0.15) is 0 Å². The van der Waals surface area contributed by atoms with E-state index in [1.807, 2.05) is 0 Å². The fourth-order valence-corrected chi connectivity index (χ4v) is 8.64. The lowest BCUT2D eigenvalue weighted by Crippen LogP contribution is -2.61. The smallest absolute Gasteiger partial charge is 0.350 e. The predicted octanol–water partition coefficient (Wildman–Crippen LogP) is 2.82. The van der Waals surface area contributed by atoms with Crippen molar-refractivity contribution in [1.29, 1.82) is 0 Å². The van der Waals surface area contributed by atoms with Gasteiger partial charge in [-0.15, -0.1) is 11.3 Å². The van der Waals surface area contributed by atoms with E-state index in [0.29, 0.717) is 17.8 Å². The molecule has 1 aromatic rings. The number of rotatable bonds is 7. The van der Waals surface area contributed by atoms with E-state index in [4.69, 9.17) is 4.74 Å². The third-order valence-electron chi connectivity index (χ3n) is 7.08. The Morgan fingerprint density at radius 3 is 2.30 bits per heavy atom. The van der Waals surface area contributed by atoms with E-state index in [1.165, 1.54) is 25.3 Å². The molecule has 4 bridgehead atoms. The maximum atomic E-state index is 12.9. The van der Waals surface area contributed by atoms with E-state index >= 15 is 0 Å².